The molecule has 12 heteroatoms. The topological polar surface area (TPSA) is 127 Å². The number of anilines is 1. The van der Waals surface area contributed by atoms with Gasteiger partial charge < -0.3 is 19.3 Å². The first-order valence-electron chi connectivity index (χ1n) is 13.0. The highest BCUT2D eigenvalue weighted by molar-refractivity contribution is 7.89. The number of carbonyl (C=O) groups excluding carboxylic acids is 1. The second kappa shape index (κ2) is 12.6. The number of sulfonamides is 1. The number of ether oxygens (including phenoxy) is 2. The van der Waals surface area contributed by atoms with E-state index in [0.29, 0.717) is 74.5 Å². The maximum absolute atomic E-state index is 12.9. The minimum Gasteiger partial charge on any atom is -0.493 e. The minimum absolute atomic E-state index is 0.0671. The van der Waals surface area contributed by atoms with Crippen molar-refractivity contribution in [3.8, 4) is 22.9 Å². The molecule has 4 rings (SSSR count). The molecule has 1 saturated heterocycles. The molecular formula is C27H35N5O6S. The van der Waals surface area contributed by atoms with Gasteiger partial charge in [0.1, 0.15) is 0 Å². The maximum atomic E-state index is 12.9. The average molecular weight is 558 g/mol. The predicted molar refractivity (Wildman–Crippen MR) is 146 cm³/mol. The van der Waals surface area contributed by atoms with Crippen LogP contribution in [0.1, 0.15) is 32.6 Å². The molecule has 0 radical (unpaired) electrons. The summed E-state index contributed by atoms with van der Waals surface area (Å²) in [4.78, 5) is 19.8. The van der Waals surface area contributed by atoms with Gasteiger partial charge in [0.25, 0.3) is 0 Å². The van der Waals surface area contributed by atoms with Crippen LogP contribution in [-0.2, 0) is 21.4 Å². The van der Waals surface area contributed by atoms with Gasteiger partial charge in [-0.1, -0.05) is 19.0 Å². The summed E-state index contributed by atoms with van der Waals surface area (Å²) in [6.07, 6.45) is 1.38. The van der Waals surface area contributed by atoms with Gasteiger partial charge in [-0.25, -0.2) is 8.42 Å². The van der Waals surface area contributed by atoms with Crippen molar-refractivity contribution >= 4 is 21.6 Å². The maximum Gasteiger partial charge on any atom is 0.243 e. The summed E-state index contributed by atoms with van der Waals surface area (Å²) in [7, 11) is -0.379. The molecule has 39 heavy (non-hydrogen) atoms. The van der Waals surface area contributed by atoms with E-state index >= 15 is 0 Å². The van der Waals surface area contributed by atoms with Crippen molar-refractivity contribution in [2.24, 2.45) is 5.92 Å². The minimum atomic E-state index is -3.53. The normalized spacial score (nSPS) is 14.9. The van der Waals surface area contributed by atoms with Crippen LogP contribution >= 0.6 is 0 Å². The molecule has 0 atom stereocenters. The average Bonchev–Trinajstić information content (AvgIpc) is 3.42. The van der Waals surface area contributed by atoms with Crippen molar-refractivity contribution in [1.82, 2.24) is 19.3 Å². The molecule has 1 aliphatic heterocycles. The number of hydrogen-bond donors (Lipinski definition) is 1. The summed E-state index contributed by atoms with van der Waals surface area (Å²) in [6.45, 7) is 6.35. The number of nitrogens with zero attached hydrogens (tertiary/aromatic N) is 4. The molecule has 0 aliphatic carbocycles. The van der Waals surface area contributed by atoms with Gasteiger partial charge in [-0.15, -0.1) is 0 Å². The molecule has 0 unspecified atom stereocenters. The Morgan fingerprint density at radius 1 is 1.05 bits per heavy atom. The van der Waals surface area contributed by atoms with Crippen LogP contribution in [0.4, 0.5) is 5.69 Å². The standard InChI is InChI=1S/C27H35N5O6S/c1-5-32(6-2)39(34,35)22-10-8-21(9-11-22)28-27(33)19-13-15-31(16-14-19)18-25-29-26(30-38-25)20-7-12-23(36-3)24(17-20)37-4/h7-12,17,19H,5-6,13-16,18H2,1-4H3,(H,28,33). The third-order valence-corrected chi connectivity index (χ3v) is 8.96. The summed E-state index contributed by atoms with van der Waals surface area (Å²) >= 11 is 0. The Kier molecular flexibility index (Phi) is 9.20. The lowest BCUT2D eigenvalue weighted by Crippen LogP contribution is -2.37. The highest BCUT2D eigenvalue weighted by atomic mass is 32.2. The van der Waals surface area contributed by atoms with Crippen LogP contribution in [0.5, 0.6) is 11.5 Å². The van der Waals surface area contributed by atoms with Crippen LogP contribution in [0.2, 0.25) is 0 Å². The molecule has 11 nitrogen and oxygen atoms in total. The Hall–Kier alpha value is -3.48. The predicted octanol–water partition coefficient (Wildman–Crippen LogP) is 3.64. The first kappa shape index (κ1) is 28.5. The molecule has 0 saturated carbocycles. The molecule has 1 aromatic heterocycles. The number of aromatic nitrogens is 2. The summed E-state index contributed by atoms with van der Waals surface area (Å²) in [5, 5.41) is 7.02. The number of nitrogens with one attached hydrogen (secondary N) is 1. The van der Waals surface area contributed by atoms with Gasteiger partial charge in [-0.05, 0) is 68.4 Å². The zero-order valence-electron chi connectivity index (χ0n) is 22.7. The molecule has 1 amide bonds. The lowest BCUT2D eigenvalue weighted by atomic mass is 9.96. The summed E-state index contributed by atoms with van der Waals surface area (Å²) in [5.74, 6) is 1.98. The number of carbonyl (C=O) groups is 1. The number of amides is 1. The van der Waals surface area contributed by atoms with Crippen LogP contribution in [0, 0.1) is 5.92 Å². The van der Waals surface area contributed by atoms with Gasteiger partial charge in [0.15, 0.2) is 11.5 Å². The third-order valence-electron chi connectivity index (χ3n) is 6.89. The molecular weight excluding hydrogens is 522 g/mol. The second-order valence-corrected chi connectivity index (χ2v) is 11.2. The van der Waals surface area contributed by atoms with Crippen LogP contribution in [-0.4, -0.2) is 74.1 Å². The van der Waals surface area contributed by atoms with Crippen LogP contribution < -0.4 is 14.8 Å². The number of benzene rings is 2. The van der Waals surface area contributed by atoms with E-state index in [2.05, 4.69) is 20.4 Å². The molecule has 0 bridgehead atoms. The molecule has 1 aliphatic rings. The number of hydrogen-bond acceptors (Lipinski definition) is 9. The van der Waals surface area contributed by atoms with Crippen LogP contribution in [0.3, 0.4) is 0 Å². The number of methoxy groups -OCH3 is 2. The summed E-state index contributed by atoms with van der Waals surface area (Å²) in [5.41, 5.74) is 1.34. The Morgan fingerprint density at radius 3 is 2.33 bits per heavy atom. The Labute approximate surface area is 229 Å². The number of likely N-dealkylation sites (tertiary alicyclic amines) is 1. The smallest absolute Gasteiger partial charge is 0.243 e. The molecule has 2 heterocycles. The van der Waals surface area contributed by atoms with Gasteiger partial charge in [-0.2, -0.15) is 9.29 Å². The Bertz CT molecular complexity index is 1360. The van der Waals surface area contributed by atoms with Crippen molar-refractivity contribution in [3.63, 3.8) is 0 Å². The highest BCUT2D eigenvalue weighted by Crippen LogP contribution is 2.31. The quantitative estimate of drug-likeness (QED) is 0.376. The first-order valence-corrected chi connectivity index (χ1v) is 14.4. The van der Waals surface area contributed by atoms with Crippen molar-refractivity contribution in [2.75, 3.05) is 45.7 Å². The van der Waals surface area contributed by atoms with Gasteiger partial charge in [0.2, 0.25) is 27.6 Å². The van der Waals surface area contributed by atoms with E-state index in [1.807, 2.05) is 6.07 Å². The largest absolute Gasteiger partial charge is 0.493 e. The van der Waals surface area contributed by atoms with Crippen molar-refractivity contribution in [3.05, 3.63) is 48.4 Å². The van der Waals surface area contributed by atoms with Crippen molar-refractivity contribution < 1.29 is 27.2 Å². The molecule has 1 N–H and O–H groups in total. The van der Waals surface area contributed by atoms with Gasteiger partial charge >= 0.3 is 0 Å². The van der Waals surface area contributed by atoms with E-state index in [4.69, 9.17) is 14.0 Å². The molecule has 1 fully saturated rings. The number of rotatable bonds is 11. The fraction of sp³-hybridized carbons (Fsp3) is 0.444. The molecule has 3 aromatic rings. The Morgan fingerprint density at radius 2 is 1.72 bits per heavy atom. The van der Waals surface area contributed by atoms with E-state index in [9.17, 15) is 13.2 Å². The first-order chi connectivity index (χ1) is 18.8. The number of piperidine rings is 1. The summed E-state index contributed by atoms with van der Waals surface area (Å²) in [6, 6.07) is 11.8. The van der Waals surface area contributed by atoms with Crippen molar-refractivity contribution in [1.29, 1.82) is 0 Å². The van der Waals surface area contributed by atoms with Crippen LogP contribution in [0.25, 0.3) is 11.4 Å². The second-order valence-electron chi connectivity index (χ2n) is 9.23. The monoisotopic (exact) mass is 557 g/mol. The van der Waals surface area contributed by atoms with Gasteiger partial charge in [-0.3, -0.25) is 9.69 Å². The van der Waals surface area contributed by atoms with Crippen molar-refractivity contribution in [2.45, 2.75) is 38.1 Å². The van der Waals surface area contributed by atoms with E-state index in [1.165, 1.54) is 16.4 Å². The third kappa shape index (κ3) is 6.57. The molecule has 210 valence electrons. The van der Waals surface area contributed by atoms with Gasteiger partial charge in [0.05, 0.1) is 25.7 Å². The zero-order valence-corrected chi connectivity index (χ0v) is 23.5. The van der Waals surface area contributed by atoms with E-state index in [1.54, 1.807) is 52.3 Å². The molecule has 2 aromatic carbocycles. The Balaban J connectivity index is 1.29. The fourth-order valence-corrected chi connectivity index (χ4v) is 6.08. The lowest BCUT2D eigenvalue weighted by Gasteiger charge is -2.30. The fourth-order valence-electron chi connectivity index (χ4n) is 4.62. The van der Waals surface area contributed by atoms with E-state index < -0.39 is 10.0 Å². The van der Waals surface area contributed by atoms with E-state index in [0.717, 1.165) is 5.56 Å². The summed E-state index contributed by atoms with van der Waals surface area (Å²) < 4.78 is 42.8. The molecule has 0 spiro atoms. The van der Waals surface area contributed by atoms with E-state index in [-0.39, 0.29) is 16.7 Å². The van der Waals surface area contributed by atoms with Gasteiger partial charge in [0, 0.05) is 30.3 Å². The van der Waals surface area contributed by atoms with Crippen LogP contribution in [0.15, 0.2) is 51.9 Å². The lowest BCUT2D eigenvalue weighted by molar-refractivity contribution is -0.121. The highest BCUT2D eigenvalue weighted by Gasteiger charge is 2.27. The SMILES string of the molecule is CCN(CC)S(=O)(=O)c1ccc(NC(=O)C2CCN(Cc3nc(-c4ccc(OC)c(OC)c4)no3)CC2)cc1. The zero-order chi connectivity index (χ0) is 28.0.